The van der Waals surface area contributed by atoms with Gasteiger partial charge >= 0.3 is 5.97 Å². The summed E-state index contributed by atoms with van der Waals surface area (Å²) < 4.78 is 11.8. The van der Waals surface area contributed by atoms with Gasteiger partial charge in [0, 0.05) is 18.7 Å². The number of anilines is 2. The predicted octanol–water partition coefficient (Wildman–Crippen LogP) is 6.05. The van der Waals surface area contributed by atoms with Crippen molar-refractivity contribution in [1.82, 2.24) is 4.98 Å². The Kier molecular flexibility index (Phi) is 8.56. The first kappa shape index (κ1) is 26.7. The highest BCUT2D eigenvalue weighted by atomic mass is 16.5. The lowest BCUT2D eigenvalue weighted by molar-refractivity contribution is -0.136. The number of carbonyl (C=O) groups excluding carboxylic acids is 1. The van der Waals surface area contributed by atoms with Crippen LogP contribution in [0.15, 0.2) is 97.2 Å². The maximum Gasteiger partial charge on any atom is 0.307 e. The Bertz CT molecular complexity index is 1430. The van der Waals surface area contributed by atoms with E-state index < -0.39 is 5.97 Å². The molecule has 1 aliphatic rings. The Morgan fingerprint density at radius 2 is 1.62 bits per heavy atom. The molecule has 40 heavy (non-hydrogen) atoms. The van der Waals surface area contributed by atoms with E-state index in [9.17, 15) is 9.59 Å². The maximum absolute atomic E-state index is 12.8. The third kappa shape index (κ3) is 7.38. The molecule has 0 atom stereocenters. The highest BCUT2D eigenvalue weighted by Gasteiger charge is 2.21. The Morgan fingerprint density at radius 1 is 0.875 bits per heavy atom. The van der Waals surface area contributed by atoms with Crippen LogP contribution in [0, 0.1) is 5.92 Å². The van der Waals surface area contributed by atoms with Gasteiger partial charge in [-0.25, -0.2) is 4.98 Å². The molecule has 204 valence electrons. The van der Waals surface area contributed by atoms with Crippen molar-refractivity contribution in [2.24, 2.45) is 5.92 Å². The van der Waals surface area contributed by atoms with Gasteiger partial charge in [-0.2, -0.15) is 0 Å². The summed E-state index contributed by atoms with van der Waals surface area (Å²) in [4.78, 5) is 30.6. The molecule has 1 saturated heterocycles. The summed E-state index contributed by atoms with van der Waals surface area (Å²) in [7, 11) is 0. The standard InChI is InChI=1S/C32H31N3O5/c36-31(37)19-24-6-4-10-28(18-24)39-22-23-14-16-35(17-15-23)30-13-12-26(21-33-30)34-32(38)25-7-5-11-29(20-25)40-27-8-2-1-3-9-27/h1-13,18,20-21,23H,14-17,19,22H2,(H,34,38)(H,36,37). The van der Waals surface area contributed by atoms with E-state index >= 15 is 0 Å². The van der Waals surface area contributed by atoms with E-state index in [1.54, 1.807) is 36.5 Å². The molecular weight excluding hydrogens is 506 g/mol. The van der Waals surface area contributed by atoms with Crippen molar-refractivity contribution in [3.63, 3.8) is 0 Å². The molecule has 1 aromatic heterocycles. The molecule has 2 heterocycles. The molecule has 0 saturated carbocycles. The van der Waals surface area contributed by atoms with E-state index in [0.717, 1.165) is 37.3 Å². The van der Waals surface area contributed by atoms with E-state index in [4.69, 9.17) is 14.6 Å². The summed E-state index contributed by atoms with van der Waals surface area (Å²) in [6.45, 7) is 2.32. The van der Waals surface area contributed by atoms with Gasteiger partial charge in [-0.15, -0.1) is 0 Å². The van der Waals surface area contributed by atoms with Crippen molar-refractivity contribution in [2.45, 2.75) is 19.3 Å². The number of nitrogens with one attached hydrogen (secondary N) is 1. The van der Waals surface area contributed by atoms with Gasteiger partial charge in [0.25, 0.3) is 5.91 Å². The first-order valence-electron chi connectivity index (χ1n) is 13.3. The van der Waals surface area contributed by atoms with E-state index in [0.29, 0.717) is 41.0 Å². The van der Waals surface area contributed by atoms with Crippen molar-refractivity contribution in [1.29, 1.82) is 0 Å². The molecule has 5 rings (SSSR count). The molecule has 1 amide bonds. The second kappa shape index (κ2) is 12.8. The van der Waals surface area contributed by atoms with Crippen LogP contribution in [0.3, 0.4) is 0 Å². The van der Waals surface area contributed by atoms with Crippen molar-refractivity contribution in [3.05, 3.63) is 108 Å². The van der Waals surface area contributed by atoms with Crippen LogP contribution in [0.2, 0.25) is 0 Å². The van der Waals surface area contributed by atoms with Crippen molar-refractivity contribution < 1.29 is 24.2 Å². The fourth-order valence-electron chi connectivity index (χ4n) is 4.64. The maximum atomic E-state index is 12.8. The molecule has 0 unspecified atom stereocenters. The van der Waals surface area contributed by atoms with Gasteiger partial charge in [0.15, 0.2) is 0 Å². The SMILES string of the molecule is O=C(O)Cc1cccc(OCC2CCN(c3ccc(NC(=O)c4cccc(Oc5ccccc5)c4)cn3)CC2)c1. The van der Waals surface area contributed by atoms with E-state index in [2.05, 4.69) is 15.2 Å². The van der Waals surface area contributed by atoms with E-state index in [1.165, 1.54) is 0 Å². The lowest BCUT2D eigenvalue weighted by Gasteiger charge is -2.32. The molecule has 4 aromatic rings. The van der Waals surface area contributed by atoms with Crippen molar-refractivity contribution in [2.75, 3.05) is 29.9 Å². The van der Waals surface area contributed by atoms with Crippen LogP contribution in [0.4, 0.5) is 11.5 Å². The highest BCUT2D eigenvalue weighted by Crippen LogP contribution is 2.25. The molecular formula is C32H31N3O5. The zero-order valence-electron chi connectivity index (χ0n) is 22.0. The van der Waals surface area contributed by atoms with Gasteiger partial charge in [0.05, 0.1) is 24.9 Å². The summed E-state index contributed by atoms with van der Waals surface area (Å²) in [5.74, 6) is 2.20. The fourth-order valence-corrected chi connectivity index (χ4v) is 4.64. The van der Waals surface area contributed by atoms with Gasteiger partial charge in [-0.05, 0) is 78.9 Å². The van der Waals surface area contributed by atoms with Gasteiger partial charge in [0.2, 0.25) is 0 Å². The molecule has 1 fully saturated rings. The number of aromatic nitrogens is 1. The first-order valence-corrected chi connectivity index (χ1v) is 13.3. The van der Waals surface area contributed by atoms with Crippen molar-refractivity contribution >= 4 is 23.4 Å². The minimum Gasteiger partial charge on any atom is -0.493 e. The monoisotopic (exact) mass is 537 g/mol. The Morgan fingerprint density at radius 3 is 2.38 bits per heavy atom. The number of aliphatic carboxylic acids is 1. The second-order valence-corrected chi connectivity index (χ2v) is 9.76. The van der Waals surface area contributed by atoms with Crippen LogP contribution < -0.4 is 19.7 Å². The number of pyridine rings is 1. The fraction of sp³-hybridized carbons (Fsp3) is 0.219. The number of benzene rings is 3. The molecule has 1 aliphatic heterocycles. The second-order valence-electron chi connectivity index (χ2n) is 9.76. The van der Waals surface area contributed by atoms with Gasteiger partial charge < -0.3 is 24.8 Å². The van der Waals surface area contributed by atoms with Crippen LogP contribution in [-0.2, 0) is 11.2 Å². The lowest BCUT2D eigenvalue weighted by atomic mass is 9.98. The number of para-hydroxylation sites is 1. The number of hydrogen-bond acceptors (Lipinski definition) is 6. The zero-order chi connectivity index (χ0) is 27.7. The van der Waals surface area contributed by atoms with Gasteiger partial charge in [0.1, 0.15) is 23.1 Å². The lowest BCUT2D eigenvalue weighted by Crippen LogP contribution is -2.36. The largest absolute Gasteiger partial charge is 0.493 e. The molecule has 0 aliphatic carbocycles. The number of ether oxygens (including phenoxy) is 2. The number of nitrogens with zero attached hydrogens (tertiary/aromatic N) is 2. The smallest absolute Gasteiger partial charge is 0.307 e. The Labute approximate surface area is 233 Å². The summed E-state index contributed by atoms with van der Waals surface area (Å²) in [5, 5.41) is 11.9. The van der Waals surface area contributed by atoms with Crippen LogP contribution in [0.5, 0.6) is 17.2 Å². The number of rotatable bonds is 10. The van der Waals surface area contributed by atoms with Crippen LogP contribution >= 0.6 is 0 Å². The predicted molar refractivity (Wildman–Crippen MR) is 153 cm³/mol. The normalized spacial score (nSPS) is 13.4. The summed E-state index contributed by atoms with van der Waals surface area (Å²) in [6, 6.07) is 27.6. The Balaban J connectivity index is 1.09. The molecule has 0 bridgehead atoms. The number of piperidine rings is 1. The average molecular weight is 538 g/mol. The first-order chi connectivity index (χ1) is 19.5. The molecule has 0 spiro atoms. The highest BCUT2D eigenvalue weighted by molar-refractivity contribution is 6.04. The van der Waals surface area contributed by atoms with Crippen LogP contribution in [-0.4, -0.2) is 41.7 Å². The molecule has 2 N–H and O–H groups in total. The molecule has 3 aromatic carbocycles. The van der Waals surface area contributed by atoms with Crippen LogP contribution in [0.1, 0.15) is 28.8 Å². The number of carboxylic acid groups (broad SMARTS) is 1. The quantitative estimate of drug-likeness (QED) is 0.254. The van der Waals surface area contributed by atoms with Gasteiger partial charge in [-0.3, -0.25) is 9.59 Å². The van der Waals surface area contributed by atoms with Gasteiger partial charge in [-0.1, -0.05) is 36.4 Å². The molecule has 8 nitrogen and oxygen atoms in total. The molecule has 0 radical (unpaired) electrons. The molecule has 8 heteroatoms. The third-order valence-electron chi connectivity index (χ3n) is 6.76. The summed E-state index contributed by atoms with van der Waals surface area (Å²) >= 11 is 0. The summed E-state index contributed by atoms with van der Waals surface area (Å²) in [6.07, 6.45) is 3.60. The number of carboxylic acids is 1. The Hall–Kier alpha value is -4.85. The van der Waals surface area contributed by atoms with E-state index in [1.807, 2.05) is 60.7 Å². The van der Waals surface area contributed by atoms with Crippen molar-refractivity contribution in [3.8, 4) is 17.2 Å². The number of hydrogen-bond donors (Lipinski definition) is 2. The average Bonchev–Trinajstić information content (AvgIpc) is 2.97. The van der Waals surface area contributed by atoms with Crippen LogP contribution in [0.25, 0.3) is 0 Å². The minimum atomic E-state index is -0.854. The number of amides is 1. The topological polar surface area (TPSA) is 101 Å². The number of carbonyl (C=O) groups is 2. The third-order valence-corrected chi connectivity index (χ3v) is 6.76. The summed E-state index contributed by atoms with van der Waals surface area (Å²) in [5.41, 5.74) is 1.85. The van der Waals surface area contributed by atoms with E-state index in [-0.39, 0.29) is 12.3 Å². The zero-order valence-corrected chi connectivity index (χ0v) is 22.0. The minimum absolute atomic E-state index is 0.0119.